The van der Waals surface area contributed by atoms with Crippen LogP contribution in [0.4, 0.5) is 5.69 Å². The van der Waals surface area contributed by atoms with Crippen LogP contribution in [-0.4, -0.2) is 32.9 Å². The van der Waals surface area contributed by atoms with Crippen molar-refractivity contribution in [3.63, 3.8) is 0 Å². The quantitative estimate of drug-likeness (QED) is 0.698. The van der Waals surface area contributed by atoms with E-state index in [0.29, 0.717) is 13.0 Å². The molecule has 144 valence electrons. The third kappa shape index (κ3) is 3.58. The van der Waals surface area contributed by atoms with Gasteiger partial charge in [0.05, 0.1) is 17.0 Å². The second-order valence-electron chi connectivity index (χ2n) is 6.48. The fourth-order valence-electron chi connectivity index (χ4n) is 3.27. The van der Waals surface area contributed by atoms with Crippen LogP contribution in [-0.2, 0) is 27.7 Å². The van der Waals surface area contributed by atoms with Gasteiger partial charge in [-0.25, -0.2) is 18.1 Å². The molecule has 1 aliphatic rings. The molecule has 1 aromatic heterocycles. The molecule has 0 saturated heterocycles. The van der Waals surface area contributed by atoms with Crippen LogP contribution < -0.4 is 9.62 Å². The molecular weight excluding hydrogens is 394 g/mol. The monoisotopic (exact) mass is 413 g/mol. The van der Waals surface area contributed by atoms with Crippen LogP contribution in [0.15, 0.2) is 58.8 Å². The number of thiazole rings is 1. The minimum Gasteiger partial charge on any atom is -0.311 e. The van der Waals surface area contributed by atoms with Crippen LogP contribution in [0.3, 0.4) is 0 Å². The van der Waals surface area contributed by atoms with Crippen molar-refractivity contribution in [2.75, 3.05) is 18.5 Å². The van der Waals surface area contributed by atoms with Crippen LogP contribution >= 0.6 is 11.3 Å². The first-order valence-electron chi connectivity index (χ1n) is 8.84. The molecule has 0 aliphatic carbocycles. The maximum atomic E-state index is 12.8. The molecule has 0 saturated carbocycles. The zero-order valence-corrected chi connectivity index (χ0v) is 16.9. The van der Waals surface area contributed by atoms with Gasteiger partial charge in [0.1, 0.15) is 5.01 Å². The fraction of sp³-hybridized carbons (Fsp3) is 0.200. The average molecular weight is 414 g/mol. The Morgan fingerprint density at radius 2 is 2.00 bits per heavy atom. The van der Waals surface area contributed by atoms with E-state index in [1.165, 1.54) is 24.5 Å². The van der Waals surface area contributed by atoms with Gasteiger partial charge in [0.25, 0.3) is 0 Å². The number of anilines is 1. The molecule has 0 atom stereocenters. The van der Waals surface area contributed by atoms with Gasteiger partial charge in [-0.1, -0.05) is 30.3 Å². The summed E-state index contributed by atoms with van der Waals surface area (Å²) in [5.41, 5.74) is 3.43. The predicted molar refractivity (Wildman–Crippen MR) is 110 cm³/mol. The Balaban J connectivity index is 1.51. The number of amides is 1. The molecule has 1 N–H and O–H groups in total. The highest BCUT2D eigenvalue weighted by molar-refractivity contribution is 7.89. The predicted octanol–water partition coefficient (Wildman–Crippen LogP) is 2.85. The second kappa shape index (κ2) is 7.46. The van der Waals surface area contributed by atoms with Crippen LogP contribution in [0.2, 0.25) is 0 Å². The lowest BCUT2D eigenvalue weighted by molar-refractivity contribution is -0.117. The number of sulfonamides is 1. The highest BCUT2D eigenvalue weighted by Gasteiger charge is 2.27. The van der Waals surface area contributed by atoms with E-state index in [1.807, 2.05) is 35.7 Å². The van der Waals surface area contributed by atoms with E-state index in [1.54, 1.807) is 17.0 Å². The maximum absolute atomic E-state index is 12.8. The summed E-state index contributed by atoms with van der Waals surface area (Å²) >= 11 is 1.52. The number of aromatic nitrogens is 1. The van der Waals surface area contributed by atoms with Crippen molar-refractivity contribution in [1.29, 1.82) is 0 Å². The second-order valence-corrected chi connectivity index (χ2v) is 9.22. The molecule has 8 heteroatoms. The van der Waals surface area contributed by atoms with Crippen molar-refractivity contribution in [3.8, 4) is 10.6 Å². The van der Waals surface area contributed by atoms with Gasteiger partial charge in [0.15, 0.2) is 0 Å². The van der Waals surface area contributed by atoms with Gasteiger partial charge >= 0.3 is 0 Å². The van der Waals surface area contributed by atoms with Gasteiger partial charge in [0.2, 0.25) is 15.9 Å². The number of nitrogens with one attached hydrogen (secondary N) is 1. The van der Waals surface area contributed by atoms with Gasteiger partial charge in [0, 0.05) is 23.2 Å². The van der Waals surface area contributed by atoms with Gasteiger partial charge in [-0.3, -0.25) is 4.79 Å². The molecule has 2 aromatic carbocycles. The average Bonchev–Trinajstić information content (AvgIpc) is 3.35. The van der Waals surface area contributed by atoms with Crippen molar-refractivity contribution >= 4 is 33.0 Å². The Kier molecular flexibility index (Phi) is 5.01. The lowest BCUT2D eigenvalue weighted by atomic mass is 10.2. The zero-order valence-electron chi connectivity index (χ0n) is 15.3. The van der Waals surface area contributed by atoms with Gasteiger partial charge in [-0.2, -0.15) is 0 Å². The molecule has 0 fully saturated rings. The van der Waals surface area contributed by atoms with Gasteiger partial charge in [-0.05, 0) is 37.2 Å². The molecular formula is C20H19N3O3S2. The first kappa shape index (κ1) is 18.8. The third-order valence-electron chi connectivity index (χ3n) is 4.73. The maximum Gasteiger partial charge on any atom is 0.240 e. The van der Waals surface area contributed by atoms with E-state index < -0.39 is 10.0 Å². The number of carbonyl (C=O) groups is 1. The third-order valence-corrected chi connectivity index (χ3v) is 7.08. The molecule has 28 heavy (non-hydrogen) atoms. The Morgan fingerprint density at radius 1 is 1.21 bits per heavy atom. The molecule has 4 rings (SSSR count). The number of hydrogen-bond acceptors (Lipinski definition) is 5. The summed E-state index contributed by atoms with van der Waals surface area (Å²) in [6, 6.07) is 14.8. The van der Waals surface area contributed by atoms with E-state index in [9.17, 15) is 13.2 Å². The summed E-state index contributed by atoms with van der Waals surface area (Å²) in [4.78, 5) is 19.3. The Hall–Kier alpha value is -2.55. The van der Waals surface area contributed by atoms with E-state index >= 15 is 0 Å². The van der Waals surface area contributed by atoms with Crippen LogP contribution in [0.5, 0.6) is 0 Å². The standard InChI is InChI=1S/C20H19N3O3S2/c1-21-28(25,26)17-7-8-18-15(11-17)9-10-23(18)19(24)12-16-13-27-20(22-16)14-5-3-2-4-6-14/h2-8,11,13,21H,9-10,12H2,1H3. The van der Waals surface area contributed by atoms with Crippen LogP contribution in [0.1, 0.15) is 11.3 Å². The Labute approximate surface area is 167 Å². The lowest BCUT2D eigenvalue weighted by Crippen LogP contribution is -2.30. The molecule has 6 nitrogen and oxygen atoms in total. The van der Waals surface area contributed by atoms with Crippen molar-refractivity contribution < 1.29 is 13.2 Å². The highest BCUT2D eigenvalue weighted by atomic mass is 32.2. The van der Waals surface area contributed by atoms with Crippen molar-refractivity contribution in [1.82, 2.24) is 9.71 Å². The molecule has 0 bridgehead atoms. The summed E-state index contributed by atoms with van der Waals surface area (Å²) in [6.45, 7) is 0.549. The van der Waals surface area contributed by atoms with Gasteiger partial charge in [-0.15, -0.1) is 11.3 Å². The first-order valence-corrected chi connectivity index (χ1v) is 11.2. The van der Waals surface area contributed by atoms with Crippen molar-refractivity contribution in [3.05, 3.63) is 65.2 Å². The molecule has 3 aromatic rings. The molecule has 1 aliphatic heterocycles. The van der Waals surface area contributed by atoms with Crippen LogP contribution in [0.25, 0.3) is 10.6 Å². The van der Waals surface area contributed by atoms with Crippen molar-refractivity contribution in [2.24, 2.45) is 0 Å². The number of nitrogens with zero attached hydrogens (tertiary/aromatic N) is 2. The Morgan fingerprint density at radius 3 is 2.75 bits per heavy atom. The van der Waals surface area contributed by atoms with Crippen molar-refractivity contribution in [2.45, 2.75) is 17.7 Å². The summed E-state index contributed by atoms with van der Waals surface area (Å²) < 4.78 is 26.3. The fourth-order valence-corrected chi connectivity index (χ4v) is 4.88. The largest absolute Gasteiger partial charge is 0.311 e. The lowest BCUT2D eigenvalue weighted by Gasteiger charge is -2.17. The van der Waals surface area contributed by atoms with E-state index in [2.05, 4.69) is 9.71 Å². The van der Waals surface area contributed by atoms with Gasteiger partial charge < -0.3 is 4.90 Å². The van der Waals surface area contributed by atoms with E-state index in [-0.39, 0.29) is 17.2 Å². The molecule has 0 radical (unpaired) electrons. The number of fused-ring (bicyclic) bond motifs is 1. The molecule has 2 heterocycles. The molecule has 0 unspecified atom stereocenters. The van der Waals surface area contributed by atoms with E-state index in [0.717, 1.165) is 27.5 Å². The van der Waals surface area contributed by atoms with E-state index in [4.69, 9.17) is 0 Å². The summed E-state index contributed by atoms with van der Waals surface area (Å²) in [7, 11) is -2.11. The smallest absolute Gasteiger partial charge is 0.240 e. The first-order chi connectivity index (χ1) is 13.5. The normalized spacial score (nSPS) is 13.5. The zero-order chi connectivity index (χ0) is 19.7. The number of carbonyl (C=O) groups excluding carboxylic acids is 1. The summed E-state index contributed by atoms with van der Waals surface area (Å²) in [6.07, 6.45) is 0.861. The minimum absolute atomic E-state index is 0.0344. The number of hydrogen-bond donors (Lipinski definition) is 1. The molecule has 0 spiro atoms. The minimum atomic E-state index is -3.49. The molecule has 1 amide bonds. The summed E-state index contributed by atoms with van der Waals surface area (Å²) in [5, 5.41) is 2.81. The SMILES string of the molecule is CNS(=O)(=O)c1ccc2c(c1)CCN2C(=O)Cc1csc(-c2ccccc2)n1. The summed E-state index contributed by atoms with van der Waals surface area (Å²) in [5.74, 6) is -0.0344. The highest BCUT2D eigenvalue weighted by Crippen LogP contribution is 2.31. The number of rotatable bonds is 5. The topological polar surface area (TPSA) is 79.4 Å². The van der Waals surface area contributed by atoms with Crippen LogP contribution in [0, 0.1) is 0 Å². The Bertz CT molecular complexity index is 1120. The number of benzene rings is 2.